The van der Waals surface area contributed by atoms with Crippen molar-refractivity contribution in [1.82, 2.24) is 0 Å². The Morgan fingerprint density at radius 2 is 1.03 bits per heavy atom. The van der Waals surface area contributed by atoms with E-state index < -0.39 is 5.60 Å². The van der Waals surface area contributed by atoms with E-state index in [1.807, 2.05) is 54.6 Å². The second-order valence-corrected chi connectivity index (χ2v) is 6.81. The molecule has 0 aliphatic heterocycles. The molecule has 0 saturated carbocycles. The van der Waals surface area contributed by atoms with Gasteiger partial charge in [0.2, 0.25) is 0 Å². The van der Waals surface area contributed by atoms with Gasteiger partial charge in [-0.3, -0.25) is 0 Å². The van der Waals surface area contributed by atoms with Crippen LogP contribution in [0.4, 0.5) is 0 Å². The summed E-state index contributed by atoms with van der Waals surface area (Å²) in [5.41, 5.74) is 10.7. The molecule has 0 aliphatic rings. The van der Waals surface area contributed by atoms with Crippen LogP contribution in [-0.2, 0) is 19.8 Å². The van der Waals surface area contributed by atoms with Gasteiger partial charge in [-0.25, -0.2) is 0 Å². The third kappa shape index (κ3) is 6.17. The van der Waals surface area contributed by atoms with Crippen molar-refractivity contribution in [3.63, 3.8) is 0 Å². The highest BCUT2D eigenvalue weighted by molar-refractivity contribution is 5.47. The highest BCUT2D eigenvalue weighted by Crippen LogP contribution is 2.40. The van der Waals surface area contributed by atoms with Crippen molar-refractivity contribution in [2.75, 3.05) is 39.6 Å². The van der Waals surface area contributed by atoms with Crippen LogP contribution in [0.5, 0.6) is 0 Å². The van der Waals surface area contributed by atoms with Crippen LogP contribution < -0.4 is 0 Å². The Labute approximate surface area is 183 Å². The van der Waals surface area contributed by atoms with E-state index in [9.17, 15) is 0 Å². The maximum absolute atomic E-state index is 8.24. The van der Waals surface area contributed by atoms with E-state index in [0.29, 0.717) is 39.6 Å². The summed E-state index contributed by atoms with van der Waals surface area (Å²) in [5.74, 6) is 0. The monoisotopic (exact) mass is 417 g/mol. The fourth-order valence-corrected chi connectivity index (χ4v) is 3.49. The SMILES string of the molecule is [N-]=[N+]=NCCOCCOCCOC(c1ccccc1)(c1ccccc1)c1ccccc1. The van der Waals surface area contributed by atoms with Crippen molar-refractivity contribution in [1.29, 1.82) is 0 Å². The van der Waals surface area contributed by atoms with Crippen molar-refractivity contribution in [2.45, 2.75) is 5.60 Å². The van der Waals surface area contributed by atoms with Gasteiger partial charge in [0.25, 0.3) is 0 Å². The van der Waals surface area contributed by atoms with Crippen molar-refractivity contribution in [3.8, 4) is 0 Å². The smallest absolute Gasteiger partial charge is 0.143 e. The normalized spacial score (nSPS) is 11.1. The Hall–Kier alpha value is -3.15. The zero-order valence-corrected chi connectivity index (χ0v) is 17.5. The average molecular weight is 418 g/mol. The van der Waals surface area contributed by atoms with Gasteiger partial charge in [0.05, 0.1) is 33.0 Å². The van der Waals surface area contributed by atoms with Gasteiger partial charge in [-0.1, -0.05) is 96.1 Å². The number of nitrogens with zero attached hydrogens (tertiary/aromatic N) is 3. The molecule has 3 aromatic carbocycles. The minimum Gasteiger partial charge on any atom is -0.379 e. The predicted octanol–water partition coefficient (Wildman–Crippen LogP) is 5.34. The molecule has 0 radical (unpaired) electrons. The van der Waals surface area contributed by atoms with Gasteiger partial charge in [0, 0.05) is 11.5 Å². The molecule has 0 heterocycles. The number of azide groups is 1. The van der Waals surface area contributed by atoms with Crippen LogP contribution in [0.3, 0.4) is 0 Å². The van der Waals surface area contributed by atoms with Gasteiger partial charge in [0.1, 0.15) is 5.60 Å². The molecular formula is C25H27N3O3. The lowest BCUT2D eigenvalue weighted by Gasteiger charge is -2.36. The Kier molecular flexibility index (Phi) is 9.10. The zero-order chi connectivity index (χ0) is 21.6. The Balaban J connectivity index is 1.72. The predicted molar refractivity (Wildman–Crippen MR) is 121 cm³/mol. The van der Waals surface area contributed by atoms with Gasteiger partial charge in [0.15, 0.2) is 0 Å². The van der Waals surface area contributed by atoms with Crippen LogP contribution in [0.25, 0.3) is 10.4 Å². The molecule has 0 aromatic heterocycles. The number of hydrogen-bond acceptors (Lipinski definition) is 4. The van der Waals surface area contributed by atoms with Crippen LogP contribution >= 0.6 is 0 Å². The number of ether oxygens (including phenoxy) is 3. The van der Waals surface area contributed by atoms with E-state index in [1.54, 1.807) is 0 Å². The van der Waals surface area contributed by atoms with E-state index >= 15 is 0 Å². The average Bonchev–Trinajstić information content (AvgIpc) is 2.84. The van der Waals surface area contributed by atoms with Gasteiger partial charge in [-0.15, -0.1) is 0 Å². The summed E-state index contributed by atoms with van der Waals surface area (Å²) in [6, 6.07) is 30.8. The van der Waals surface area contributed by atoms with Crippen molar-refractivity contribution >= 4 is 0 Å². The molecule has 0 N–H and O–H groups in total. The van der Waals surface area contributed by atoms with Crippen LogP contribution in [-0.4, -0.2) is 39.6 Å². The van der Waals surface area contributed by atoms with Crippen molar-refractivity contribution < 1.29 is 14.2 Å². The van der Waals surface area contributed by atoms with Crippen molar-refractivity contribution in [3.05, 3.63) is 118 Å². The summed E-state index contributed by atoms with van der Waals surface area (Å²) in [5, 5.41) is 3.43. The molecule has 0 atom stereocenters. The largest absolute Gasteiger partial charge is 0.379 e. The van der Waals surface area contributed by atoms with E-state index in [-0.39, 0.29) is 0 Å². The molecule has 0 amide bonds. The lowest BCUT2D eigenvalue weighted by atomic mass is 9.80. The highest BCUT2D eigenvalue weighted by Gasteiger charge is 2.37. The summed E-state index contributed by atoms with van der Waals surface area (Å²) in [7, 11) is 0. The summed E-state index contributed by atoms with van der Waals surface area (Å²) in [6.45, 7) is 2.47. The third-order valence-electron chi connectivity index (χ3n) is 4.86. The maximum atomic E-state index is 8.24. The Morgan fingerprint density at radius 1 is 0.613 bits per heavy atom. The zero-order valence-electron chi connectivity index (χ0n) is 17.5. The fourth-order valence-electron chi connectivity index (χ4n) is 3.49. The molecule has 0 aliphatic carbocycles. The topological polar surface area (TPSA) is 76.5 Å². The first-order valence-corrected chi connectivity index (χ1v) is 10.3. The van der Waals surface area contributed by atoms with Crippen LogP contribution in [0.1, 0.15) is 16.7 Å². The molecule has 0 fully saturated rings. The fraction of sp³-hybridized carbons (Fsp3) is 0.280. The molecule has 6 nitrogen and oxygen atoms in total. The standard InChI is InChI=1S/C25H27N3O3/c26-28-27-16-17-29-18-19-30-20-21-31-25(22-10-4-1-5-11-22,23-12-6-2-7-13-23)24-14-8-3-9-15-24/h1-15H,16-21H2. The van der Waals surface area contributed by atoms with E-state index in [2.05, 4.69) is 46.4 Å². The van der Waals surface area contributed by atoms with Crippen LogP contribution in [0, 0.1) is 0 Å². The molecule has 0 unspecified atom stereocenters. The molecule has 6 heteroatoms. The van der Waals surface area contributed by atoms with E-state index in [0.717, 1.165) is 16.7 Å². The third-order valence-corrected chi connectivity index (χ3v) is 4.86. The van der Waals surface area contributed by atoms with Gasteiger partial charge < -0.3 is 14.2 Å². The molecule has 3 rings (SSSR count). The molecule has 3 aromatic rings. The Morgan fingerprint density at radius 3 is 1.48 bits per heavy atom. The minimum atomic E-state index is -0.737. The second-order valence-electron chi connectivity index (χ2n) is 6.81. The molecule has 160 valence electrons. The summed E-state index contributed by atoms with van der Waals surface area (Å²) in [4.78, 5) is 2.69. The quantitative estimate of drug-likeness (QED) is 0.124. The summed E-state index contributed by atoms with van der Waals surface area (Å²) in [6.07, 6.45) is 0. The first-order chi connectivity index (χ1) is 15.4. The number of rotatable bonds is 13. The molecule has 0 saturated heterocycles. The maximum Gasteiger partial charge on any atom is 0.143 e. The summed E-state index contributed by atoms with van der Waals surface area (Å²) >= 11 is 0. The summed E-state index contributed by atoms with van der Waals surface area (Å²) < 4.78 is 17.7. The molecular weight excluding hydrogens is 390 g/mol. The lowest BCUT2D eigenvalue weighted by Crippen LogP contribution is -2.34. The van der Waals surface area contributed by atoms with E-state index in [4.69, 9.17) is 19.7 Å². The molecule has 31 heavy (non-hydrogen) atoms. The lowest BCUT2D eigenvalue weighted by molar-refractivity contribution is -0.0329. The second kappa shape index (κ2) is 12.5. The Bertz CT molecular complexity index is 833. The van der Waals surface area contributed by atoms with Gasteiger partial charge in [-0.05, 0) is 22.2 Å². The number of hydrogen-bond donors (Lipinski definition) is 0. The van der Waals surface area contributed by atoms with Gasteiger partial charge >= 0.3 is 0 Å². The van der Waals surface area contributed by atoms with Crippen LogP contribution in [0.2, 0.25) is 0 Å². The van der Waals surface area contributed by atoms with Gasteiger partial charge in [-0.2, -0.15) is 0 Å². The van der Waals surface area contributed by atoms with Crippen molar-refractivity contribution in [2.24, 2.45) is 5.11 Å². The molecule has 0 bridgehead atoms. The first-order valence-electron chi connectivity index (χ1n) is 10.3. The van der Waals surface area contributed by atoms with E-state index in [1.165, 1.54) is 0 Å². The minimum absolute atomic E-state index is 0.327. The molecule has 0 spiro atoms. The number of benzene rings is 3. The van der Waals surface area contributed by atoms with Crippen LogP contribution in [0.15, 0.2) is 96.1 Å². The first kappa shape index (κ1) is 22.5. The highest BCUT2D eigenvalue weighted by atomic mass is 16.5.